The lowest BCUT2D eigenvalue weighted by atomic mass is 9.96. The molecule has 0 saturated heterocycles. The Labute approximate surface area is 152 Å². The Morgan fingerprint density at radius 2 is 1.46 bits per heavy atom. The smallest absolute Gasteiger partial charge is 0.167 e. The molecule has 3 aromatic rings. The molecule has 0 aromatic heterocycles. The monoisotopic (exact) mass is 344 g/mol. The lowest BCUT2D eigenvalue weighted by molar-refractivity contribution is -0.113. The van der Waals surface area contributed by atoms with Gasteiger partial charge >= 0.3 is 0 Å². The summed E-state index contributed by atoms with van der Waals surface area (Å²) >= 11 is 0. The molecule has 0 atom stereocenters. The zero-order valence-corrected chi connectivity index (χ0v) is 14.9. The summed E-state index contributed by atoms with van der Waals surface area (Å²) in [5.41, 5.74) is 4.64. The second kappa shape index (κ2) is 6.34. The van der Waals surface area contributed by atoms with Gasteiger partial charge in [-0.1, -0.05) is 30.3 Å². The van der Waals surface area contributed by atoms with Crippen LogP contribution in [0.1, 0.15) is 24.0 Å². The maximum atomic E-state index is 12.0. The summed E-state index contributed by atoms with van der Waals surface area (Å²) in [4.78, 5) is 12.0. The van der Waals surface area contributed by atoms with Crippen LogP contribution in [0.3, 0.4) is 0 Å². The van der Waals surface area contributed by atoms with Gasteiger partial charge in [-0.15, -0.1) is 0 Å². The molecule has 1 N–H and O–H groups in total. The van der Waals surface area contributed by atoms with Crippen LogP contribution in [0.2, 0.25) is 0 Å². The highest BCUT2D eigenvalue weighted by Gasteiger charge is 2.24. The quantitative estimate of drug-likeness (QED) is 0.686. The molecule has 26 heavy (non-hydrogen) atoms. The highest BCUT2D eigenvalue weighted by atomic mass is 16.5. The van der Waals surface area contributed by atoms with Crippen LogP contribution in [-0.4, -0.2) is 18.0 Å². The number of carbonyl (C=O) groups is 1. The number of aliphatic hydroxyl groups is 1. The Bertz CT molecular complexity index is 1060. The molecule has 0 radical (unpaired) electrons. The summed E-state index contributed by atoms with van der Waals surface area (Å²) < 4.78 is 5.33. The van der Waals surface area contributed by atoms with Gasteiger partial charge in [0.15, 0.2) is 5.78 Å². The van der Waals surface area contributed by atoms with Gasteiger partial charge in [0.05, 0.1) is 12.7 Å². The van der Waals surface area contributed by atoms with Crippen molar-refractivity contribution in [3.05, 3.63) is 71.5 Å². The van der Waals surface area contributed by atoms with Crippen molar-refractivity contribution in [2.75, 3.05) is 7.11 Å². The Morgan fingerprint density at radius 1 is 0.846 bits per heavy atom. The summed E-state index contributed by atoms with van der Waals surface area (Å²) in [5.74, 6) is 1.11. The second-order valence-electron chi connectivity index (χ2n) is 6.71. The van der Waals surface area contributed by atoms with E-state index in [1.165, 1.54) is 0 Å². The van der Waals surface area contributed by atoms with Gasteiger partial charge in [0.1, 0.15) is 11.5 Å². The molecular formula is C23H20O3. The van der Waals surface area contributed by atoms with Crippen LogP contribution in [0.4, 0.5) is 0 Å². The van der Waals surface area contributed by atoms with Gasteiger partial charge in [0.2, 0.25) is 0 Å². The van der Waals surface area contributed by atoms with E-state index in [2.05, 4.69) is 30.3 Å². The second-order valence-corrected chi connectivity index (χ2v) is 6.71. The van der Waals surface area contributed by atoms with Crippen LogP contribution >= 0.6 is 0 Å². The van der Waals surface area contributed by atoms with Gasteiger partial charge < -0.3 is 9.84 Å². The van der Waals surface area contributed by atoms with Crippen molar-refractivity contribution in [3.8, 4) is 16.9 Å². The van der Waals surface area contributed by atoms with Crippen LogP contribution in [0.5, 0.6) is 5.75 Å². The number of ketones is 1. The van der Waals surface area contributed by atoms with Crippen molar-refractivity contribution in [1.82, 2.24) is 0 Å². The fourth-order valence-electron chi connectivity index (χ4n) is 3.61. The van der Waals surface area contributed by atoms with Gasteiger partial charge in [-0.05, 0) is 64.2 Å². The molecule has 3 heteroatoms. The van der Waals surface area contributed by atoms with E-state index in [4.69, 9.17) is 4.74 Å². The molecule has 130 valence electrons. The summed E-state index contributed by atoms with van der Waals surface area (Å²) in [5, 5.41) is 12.1. The zero-order valence-electron chi connectivity index (χ0n) is 14.9. The Balaban J connectivity index is 1.75. The largest absolute Gasteiger partial charge is 0.512 e. The zero-order chi connectivity index (χ0) is 18.3. The van der Waals surface area contributed by atoms with Crippen molar-refractivity contribution in [3.63, 3.8) is 0 Å². The van der Waals surface area contributed by atoms with Gasteiger partial charge in [-0.25, -0.2) is 0 Å². The minimum Gasteiger partial charge on any atom is -0.512 e. The third-order valence-electron chi connectivity index (χ3n) is 5.01. The average molecular weight is 344 g/mol. The van der Waals surface area contributed by atoms with Crippen LogP contribution < -0.4 is 4.74 Å². The summed E-state index contributed by atoms with van der Waals surface area (Å²) in [6.45, 7) is 2.04. The maximum Gasteiger partial charge on any atom is 0.167 e. The predicted octanol–water partition coefficient (Wildman–Crippen LogP) is 5.46. The average Bonchev–Trinajstić information content (AvgIpc) is 2.99. The first-order valence-corrected chi connectivity index (χ1v) is 8.71. The van der Waals surface area contributed by atoms with Crippen LogP contribution in [-0.2, 0) is 4.79 Å². The van der Waals surface area contributed by atoms with E-state index in [1.54, 1.807) is 7.11 Å². The maximum absolute atomic E-state index is 12.0. The molecule has 0 fully saturated rings. The SMILES string of the molecule is COc1ccc(-c2ccc3cc(C4=C(O)CCC4=O)ccc3c2)cc1C. The number of hydrogen-bond acceptors (Lipinski definition) is 3. The number of ether oxygens (including phenoxy) is 1. The minimum absolute atomic E-state index is 0.0205. The van der Waals surface area contributed by atoms with Crippen molar-refractivity contribution in [2.45, 2.75) is 19.8 Å². The van der Waals surface area contributed by atoms with E-state index in [0.29, 0.717) is 18.4 Å². The Hall–Kier alpha value is -3.07. The van der Waals surface area contributed by atoms with Crippen molar-refractivity contribution < 1.29 is 14.6 Å². The molecule has 0 amide bonds. The van der Waals surface area contributed by atoms with Crippen molar-refractivity contribution in [1.29, 1.82) is 0 Å². The number of rotatable bonds is 3. The molecule has 1 aliphatic carbocycles. The third-order valence-corrected chi connectivity index (χ3v) is 5.01. The fourth-order valence-corrected chi connectivity index (χ4v) is 3.61. The molecule has 0 unspecified atom stereocenters. The van der Waals surface area contributed by atoms with Gasteiger partial charge in [-0.3, -0.25) is 4.79 Å². The van der Waals surface area contributed by atoms with Gasteiger partial charge in [0.25, 0.3) is 0 Å². The summed E-state index contributed by atoms with van der Waals surface area (Å²) in [6, 6.07) is 18.4. The standard InChI is InChI=1S/C23H20O3/c1-14-11-15(7-10-22(14)26-2)16-3-4-18-13-19(6-5-17(18)12-16)23-20(24)8-9-21(23)25/h3-7,10-13,24H,8-9H2,1-2H3. The lowest BCUT2D eigenvalue weighted by Crippen LogP contribution is -1.96. The van der Waals surface area contributed by atoms with E-state index in [0.717, 1.165) is 38.8 Å². The third kappa shape index (κ3) is 2.76. The predicted molar refractivity (Wildman–Crippen MR) is 104 cm³/mol. The topological polar surface area (TPSA) is 46.5 Å². The van der Waals surface area contributed by atoms with Crippen LogP contribution in [0.25, 0.3) is 27.5 Å². The highest BCUT2D eigenvalue weighted by molar-refractivity contribution is 6.23. The molecule has 0 saturated carbocycles. The number of aryl methyl sites for hydroxylation is 1. The number of benzene rings is 3. The van der Waals surface area contributed by atoms with Gasteiger partial charge in [-0.2, -0.15) is 0 Å². The van der Waals surface area contributed by atoms with E-state index in [1.807, 2.05) is 31.2 Å². The number of carbonyl (C=O) groups excluding carboxylic acids is 1. The molecule has 0 aliphatic heterocycles. The van der Waals surface area contributed by atoms with Crippen LogP contribution in [0.15, 0.2) is 60.4 Å². The first kappa shape index (κ1) is 16.4. The Morgan fingerprint density at radius 3 is 2.08 bits per heavy atom. The fraction of sp³-hybridized carbons (Fsp3) is 0.174. The molecule has 0 bridgehead atoms. The number of fused-ring (bicyclic) bond motifs is 1. The Kier molecular flexibility index (Phi) is 4.00. The first-order chi connectivity index (χ1) is 12.6. The van der Waals surface area contributed by atoms with E-state index in [-0.39, 0.29) is 11.5 Å². The first-order valence-electron chi connectivity index (χ1n) is 8.71. The number of Topliss-reactive ketones (excluding diaryl/α,β-unsaturated/α-hetero) is 1. The molecular weight excluding hydrogens is 324 g/mol. The van der Waals surface area contributed by atoms with E-state index in [9.17, 15) is 9.90 Å². The number of hydrogen-bond donors (Lipinski definition) is 1. The number of methoxy groups -OCH3 is 1. The van der Waals surface area contributed by atoms with Crippen LogP contribution in [0, 0.1) is 6.92 Å². The molecule has 0 spiro atoms. The van der Waals surface area contributed by atoms with E-state index >= 15 is 0 Å². The summed E-state index contributed by atoms with van der Waals surface area (Å²) in [6.07, 6.45) is 0.844. The summed E-state index contributed by atoms with van der Waals surface area (Å²) in [7, 11) is 1.68. The van der Waals surface area contributed by atoms with Crippen molar-refractivity contribution in [2.24, 2.45) is 0 Å². The molecule has 3 nitrogen and oxygen atoms in total. The number of allylic oxidation sites excluding steroid dienone is 2. The highest BCUT2D eigenvalue weighted by Crippen LogP contribution is 2.33. The number of aliphatic hydroxyl groups excluding tert-OH is 1. The van der Waals surface area contributed by atoms with Crippen molar-refractivity contribution >= 4 is 22.1 Å². The molecule has 1 aliphatic rings. The minimum atomic E-state index is 0.0205. The molecule has 3 aromatic carbocycles. The normalized spacial score (nSPS) is 14.3. The van der Waals surface area contributed by atoms with E-state index < -0.39 is 0 Å². The lowest BCUT2D eigenvalue weighted by Gasteiger charge is -2.10. The molecule has 4 rings (SSSR count). The molecule has 0 heterocycles. The van der Waals surface area contributed by atoms with Gasteiger partial charge in [0, 0.05) is 12.8 Å².